The predicted octanol–water partition coefficient (Wildman–Crippen LogP) is 8.00. The van der Waals surface area contributed by atoms with Gasteiger partial charge in [0.2, 0.25) is 10.4 Å². The summed E-state index contributed by atoms with van der Waals surface area (Å²) in [7, 11) is -3.08. The Kier molecular flexibility index (Phi) is 32.4. The first-order valence-corrected chi connectivity index (χ1v) is 19.1. The van der Waals surface area contributed by atoms with Crippen molar-refractivity contribution >= 4 is 10.4 Å². The zero-order valence-corrected chi connectivity index (χ0v) is 29.6. The summed E-state index contributed by atoms with van der Waals surface area (Å²) in [6.07, 6.45) is 24.1. The lowest BCUT2D eigenvalue weighted by Gasteiger charge is -2.33. The van der Waals surface area contributed by atoms with Crippen LogP contribution in [0.1, 0.15) is 142 Å². The predicted molar refractivity (Wildman–Crippen MR) is 177 cm³/mol. The van der Waals surface area contributed by atoms with Crippen molar-refractivity contribution in [2.24, 2.45) is 5.41 Å². The van der Waals surface area contributed by atoms with Crippen LogP contribution >= 0.6 is 0 Å². The Labute approximate surface area is 271 Å². The molecule has 0 rings (SSSR count). The van der Waals surface area contributed by atoms with E-state index in [9.17, 15) is 13.0 Å². The third kappa shape index (κ3) is 31.6. The van der Waals surface area contributed by atoms with Crippen molar-refractivity contribution in [1.29, 1.82) is 0 Å². The molecule has 9 nitrogen and oxygen atoms in total. The molecular formula is C34H69O9S-. The number of hydrogen-bond acceptors (Lipinski definition) is 9. The van der Waals surface area contributed by atoms with Gasteiger partial charge in [-0.1, -0.05) is 117 Å². The molecule has 266 valence electrons. The minimum atomic E-state index is -4.73. The lowest BCUT2D eigenvalue weighted by molar-refractivity contribution is -0.0825. The van der Waals surface area contributed by atoms with Gasteiger partial charge >= 0.3 is 0 Å². The van der Waals surface area contributed by atoms with Gasteiger partial charge in [-0.15, -0.1) is 0 Å². The molecule has 0 spiro atoms. The highest BCUT2D eigenvalue weighted by atomic mass is 32.3. The van der Waals surface area contributed by atoms with Crippen molar-refractivity contribution < 1.29 is 40.8 Å². The van der Waals surface area contributed by atoms with Gasteiger partial charge in [0, 0.05) is 32.3 Å². The molecule has 1 atom stereocenters. The molecular weight excluding hydrogens is 584 g/mol. The molecule has 0 N–H and O–H groups in total. The molecule has 0 aromatic heterocycles. The first kappa shape index (κ1) is 43.7. The van der Waals surface area contributed by atoms with Gasteiger partial charge in [0.1, 0.15) is 0 Å². The average molecular weight is 654 g/mol. The zero-order valence-electron chi connectivity index (χ0n) is 28.8. The zero-order chi connectivity index (χ0) is 32.5. The highest BCUT2D eigenvalue weighted by molar-refractivity contribution is 7.80. The van der Waals surface area contributed by atoms with E-state index in [1.807, 2.05) is 0 Å². The van der Waals surface area contributed by atoms with E-state index in [-0.39, 0.29) is 18.6 Å². The normalized spacial score (nSPS) is 13.5. The second-order valence-electron chi connectivity index (χ2n) is 12.3. The monoisotopic (exact) mass is 653 g/mol. The quantitative estimate of drug-likeness (QED) is 0.0374. The molecule has 0 aromatic rings. The van der Waals surface area contributed by atoms with Crippen LogP contribution in [0.25, 0.3) is 0 Å². The van der Waals surface area contributed by atoms with Crippen LogP contribution in [0.4, 0.5) is 0 Å². The van der Waals surface area contributed by atoms with Gasteiger partial charge in [-0.3, -0.25) is 4.18 Å². The Morgan fingerprint density at radius 1 is 0.477 bits per heavy atom. The second kappa shape index (κ2) is 32.6. The van der Waals surface area contributed by atoms with Gasteiger partial charge < -0.3 is 28.2 Å². The fourth-order valence-electron chi connectivity index (χ4n) is 5.20. The summed E-state index contributed by atoms with van der Waals surface area (Å²) in [6.45, 7) is 8.89. The summed E-state index contributed by atoms with van der Waals surface area (Å²) >= 11 is 0. The molecule has 0 aliphatic heterocycles. The van der Waals surface area contributed by atoms with E-state index in [0.717, 1.165) is 64.6 Å². The summed E-state index contributed by atoms with van der Waals surface area (Å²) in [6, 6.07) is 0. The van der Waals surface area contributed by atoms with Crippen LogP contribution in [0.5, 0.6) is 0 Å². The fraction of sp³-hybridized carbons (Fsp3) is 1.00. The van der Waals surface area contributed by atoms with Crippen LogP contribution < -0.4 is 0 Å². The standard InChI is InChI=1S/C34H70O9S/c1-4-6-8-10-11-12-13-14-17-22-26-40-31-34(32-41-28-27-38-3,33-42-29-30-43-44(35,36)37)23-19-16-15-18-21-25-39-24-20-9-7-5-2/h4-33H2,1-3H3,(H,35,36,37)/p-1/t34-/m0/s1. The molecule has 0 saturated heterocycles. The largest absolute Gasteiger partial charge is 0.726 e. The highest BCUT2D eigenvalue weighted by Gasteiger charge is 2.31. The molecule has 0 radical (unpaired) electrons. The maximum absolute atomic E-state index is 10.8. The van der Waals surface area contributed by atoms with E-state index in [0.29, 0.717) is 39.6 Å². The van der Waals surface area contributed by atoms with E-state index in [1.165, 1.54) is 77.0 Å². The summed E-state index contributed by atoms with van der Waals surface area (Å²) in [5, 5.41) is 0. The lowest BCUT2D eigenvalue weighted by Crippen LogP contribution is -2.38. The summed E-state index contributed by atoms with van der Waals surface area (Å²) < 4.78 is 65.6. The summed E-state index contributed by atoms with van der Waals surface area (Å²) in [5.74, 6) is 0. The maximum Gasteiger partial charge on any atom is 0.217 e. The first-order valence-electron chi connectivity index (χ1n) is 17.8. The Bertz CT molecular complexity index is 648. The number of methoxy groups -OCH3 is 1. The molecule has 0 aliphatic carbocycles. The third-order valence-corrected chi connectivity index (χ3v) is 8.35. The Morgan fingerprint density at radius 3 is 1.34 bits per heavy atom. The Hall–Kier alpha value is -0.330. The average Bonchev–Trinajstić information content (AvgIpc) is 2.99. The topological polar surface area (TPSA) is 113 Å². The molecule has 0 fully saturated rings. The molecule has 0 aromatic carbocycles. The van der Waals surface area contributed by atoms with E-state index < -0.39 is 10.4 Å². The second-order valence-corrected chi connectivity index (χ2v) is 13.3. The smallest absolute Gasteiger partial charge is 0.217 e. The molecule has 0 saturated carbocycles. The van der Waals surface area contributed by atoms with Gasteiger partial charge in [0.25, 0.3) is 0 Å². The van der Waals surface area contributed by atoms with Crippen molar-refractivity contribution in [2.75, 3.05) is 73.2 Å². The van der Waals surface area contributed by atoms with Crippen molar-refractivity contribution in [2.45, 2.75) is 142 Å². The minimum absolute atomic E-state index is 0.0121. The van der Waals surface area contributed by atoms with Crippen LogP contribution in [0.3, 0.4) is 0 Å². The molecule has 0 bridgehead atoms. The molecule has 10 heteroatoms. The van der Waals surface area contributed by atoms with Crippen molar-refractivity contribution in [1.82, 2.24) is 0 Å². The van der Waals surface area contributed by atoms with E-state index in [2.05, 4.69) is 18.0 Å². The van der Waals surface area contributed by atoms with Gasteiger partial charge in [-0.2, -0.15) is 0 Å². The van der Waals surface area contributed by atoms with E-state index >= 15 is 0 Å². The van der Waals surface area contributed by atoms with Crippen LogP contribution in [-0.4, -0.2) is 86.1 Å². The van der Waals surface area contributed by atoms with E-state index in [1.54, 1.807) is 7.11 Å². The van der Waals surface area contributed by atoms with E-state index in [4.69, 9.17) is 23.7 Å². The van der Waals surface area contributed by atoms with Gasteiger partial charge in [0.05, 0.1) is 46.2 Å². The number of unbranched alkanes of at least 4 members (excludes halogenated alkanes) is 16. The maximum atomic E-state index is 10.8. The number of ether oxygens (including phenoxy) is 5. The summed E-state index contributed by atoms with van der Waals surface area (Å²) in [4.78, 5) is 0. The van der Waals surface area contributed by atoms with Crippen molar-refractivity contribution in [3.8, 4) is 0 Å². The highest BCUT2D eigenvalue weighted by Crippen LogP contribution is 2.28. The van der Waals surface area contributed by atoms with Crippen molar-refractivity contribution in [3.05, 3.63) is 0 Å². The molecule has 0 unspecified atom stereocenters. The molecule has 44 heavy (non-hydrogen) atoms. The van der Waals surface area contributed by atoms with Crippen molar-refractivity contribution in [3.63, 3.8) is 0 Å². The van der Waals surface area contributed by atoms with Crippen LogP contribution in [0, 0.1) is 5.41 Å². The lowest BCUT2D eigenvalue weighted by atomic mass is 9.84. The van der Waals surface area contributed by atoms with Crippen LogP contribution in [0.15, 0.2) is 0 Å². The first-order chi connectivity index (χ1) is 21.4. The van der Waals surface area contributed by atoms with Crippen LogP contribution in [0.2, 0.25) is 0 Å². The summed E-state index contributed by atoms with van der Waals surface area (Å²) in [5.41, 5.74) is -0.371. The Balaban J connectivity index is 4.64. The number of hydrogen-bond donors (Lipinski definition) is 0. The molecule has 0 amide bonds. The SMILES string of the molecule is CCCCCCCCCCCCOC[C@@](CCCCCCCOCCCCCC)(COCCOC)COCCOS(=O)(=O)[O-]. The third-order valence-electron chi connectivity index (χ3n) is 7.89. The fourth-order valence-corrected chi connectivity index (χ4v) is 5.48. The molecule has 0 heterocycles. The minimum Gasteiger partial charge on any atom is -0.726 e. The van der Waals surface area contributed by atoms with Gasteiger partial charge in [-0.25, -0.2) is 8.42 Å². The molecule has 0 aliphatic rings. The van der Waals surface area contributed by atoms with Crippen LogP contribution in [-0.2, 0) is 38.3 Å². The Morgan fingerprint density at radius 2 is 0.864 bits per heavy atom. The van der Waals surface area contributed by atoms with Gasteiger partial charge in [-0.05, 0) is 25.7 Å². The number of rotatable bonds is 37. The van der Waals surface area contributed by atoms with Gasteiger partial charge in [0.15, 0.2) is 0 Å².